The number of carbonyl (C=O) groups excluding carboxylic acids is 2. The standard InChI is InChI=1S/C20H21ClFNO3S/c1-6-13-15(14-16(24)19(2,3)26-20(4,5)17(14)25)23-18(27-13)10-7-8-11(21)12(22)9-10/h7-9,14H,6H2,1-5H3. The predicted molar refractivity (Wildman–Crippen MR) is 104 cm³/mol. The van der Waals surface area contributed by atoms with Gasteiger partial charge in [-0.3, -0.25) is 9.59 Å². The Balaban J connectivity index is 2.13. The highest BCUT2D eigenvalue weighted by atomic mass is 35.5. The van der Waals surface area contributed by atoms with Gasteiger partial charge in [-0.25, -0.2) is 9.37 Å². The monoisotopic (exact) mass is 409 g/mol. The Bertz CT molecular complexity index is 909. The van der Waals surface area contributed by atoms with E-state index in [0.717, 1.165) is 4.88 Å². The third-order valence-electron chi connectivity index (χ3n) is 4.71. The van der Waals surface area contributed by atoms with Gasteiger partial charge in [0.2, 0.25) is 0 Å². The van der Waals surface area contributed by atoms with Crippen molar-refractivity contribution in [2.24, 2.45) is 0 Å². The van der Waals surface area contributed by atoms with E-state index in [9.17, 15) is 14.0 Å². The average molecular weight is 410 g/mol. The smallest absolute Gasteiger partial charge is 0.180 e. The van der Waals surface area contributed by atoms with Crippen molar-refractivity contribution >= 4 is 34.5 Å². The molecule has 7 heteroatoms. The zero-order chi connectivity index (χ0) is 20.1. The van der Waals surface area contributed by atoms with Crippen LogP contribution in [-0.2, 0) is 20.7 Å². The third kappa shape index (κ3) is 3.46. The average Bonchev–Trinajstić information content (AvgIpc) is 2.99. The molecule has 27 heavy (non-hydrogen) atoms. The van der Waals surface area contributed by atoms with Crippen LogP contribution in [0.3, 0.4) is 0 Å². The molecule has 1 aromatic heterocycles. The van der Waals surface area contributed by atoms with E-state index in [-0.39, 0.29) is 16.6 Å². The summed E-state index contributed by atoms with van der Waals surface area (Å²) in [5.74, 6) is -2.13. The molecule has 0 unspecified atom stereocenters. The van der Waals surface area contributed by atoms with Crippen molar-refractivity contribution < 1.29 is 18.7 Å². The molecule has 0 spiro atoms. The van der Waals surface area contributed by atoms with Crippen LogP contribution in [0.4, 0.5) is 4.39 Å². The molecule has 144 valence electrons. The first-order valence-electron chi connectivity index (χ1n) is 8.71. The zero-order valence-electron chi connectivity index (χ0n) is 15.9. The molecule has 4 nitrogen and oxygen atoms in total. The molecule has 0 aliphatic carbocycles. The van der Waals surface area contributed by atoms with Crippen molar-refractivity contribution in [3.8, 4) is 10.6 Å². The van der Waals surface area contributed by atoms with Gasteiger partial charge in [0.1, 0.15) is 27.9 Å². The number of hydrogen-bond donors (Lipinski definition) is 0. The lowest BCUT2D eigenvalue weighted by Crippen LogP contribution is -2.58. The van der Waals surface area contributed by atoms with Gasteiger partial charge < -0.3 is 4.74 Å². The van der Waals surface area contributed by atoms with Crippen LogP contribution in [0, 0.1) is 5.82 Å². The molecule has 1 fully saturated rings. The molecule has 0 bridgehead atoms. The van der Waals surface area contributed by atoms with Crippen molar-refractivity contribution in [1.82, 2.24) is 4.98 Å². The molecule has 0 amide bonds. The summed E-state index contributed by atoms with van der Waals surface area (Å²) in [5, 5.41) is 0.588. The topological polar surface area (TPSA) is 56.3 Å². The SMILES string of the molecule is CCc1sc(-c2ccc(Cl)c(F)c2)nc1C1C(=O)C(C)(C)OC(C)(C)C1=O. The number of carbonyl (C=O) groups is 2. The van der Waals surface area contributed by atoms with Crippen LogP contribution in [-0.4, -0.2) is 27.8 Å². The number of ether oxygens (including phenoxy) is 1. The van der Waals surface area contributed by atoms with Crippen molar-refractivity contribution in [1.29, 1.82) is 0 Å². The Labute approximate surface area is 166 Å². The predicted octanol–water partition coefficient (Wildman–Crippen LogP) is 4.97. The molecular weight excluding hydrogens is 389 g/mol. The van der Waals surface area contributed by atoms with E-state index >= 15 is 0 Å². The first-order chi connectivity index (χ1) is 12.5. The Hall–Kier alpha value is -1.63. The molecule has 0 radical (unpaired) electrons. The lowest BCUT2D eigenvalue weighted by molar-refractivity contribution is -0.184. The molecule has 1 aromatic carbocycles. The number of rotatable bonds is 3. The van der Waals surface area contributed by atoms with E-state index in [1.54, 1.807) is 33.8 Å². The summed E-state index contributed by atoms with van der Waals surface area (Å²) in [5.41, 5.74) is -1.17. The van der Waals surface area contributed by atoms with Crippen molar-refractivity contribution in [2.75, 3.05) is 0 Å². The lowest BCUT2D eigenvalue weighted by Gasteiger charge is -2.42. The van der Waals surface area contributed by atoms with Gasteiger partial charge in [-0.15, -0.1) is 11.3 Å². The fraction of sp³-hybridized carbons (Fsp3) is 0.450. The molecule has 0 N–H and O–H groups in total. The molecule has 0 saturated carbocycles. The maximum Gasteiger partial charge on any atom is 0.180 e. The van der Waals surface area contributed by atoms with E-state index in [4.69, 9.17) is 16.3 Å². The van der Waals surface area contributed by atoms with Crippen LogP contribution in [0.25, 0.3) is 10.6 Å². The summed E-state index contributed by atoms with van der Waals surface area (Å²) < 4.78 is 19.6. The largest absolute Gasteiger partial charge is 0.354 e. The highest BCUT2D eigenvalue weighted by Gasteiger charge is 2.54. The summed E-state index contributed by atoms with van der Waals surface area (Å²) in [6.45, 7) is 8.62. The van der Waals surface area contributed by atoms with Gasteiger partial charge in [0.15, 0.2) is 11.6 Å². The quantitative estimate of drug-likeness (QED) is 0.671. The van der Waals surface area contributed by atoms with Gasteiger partial charge in [-0.1, -0.05) is 24.6 Å². The summed E-state index contributed by atoms with van der Waals surface area (Å²) >= 11 is 7.12. The molecule has 0 atom stereocenters. The summed E-state index contributed by atoms with van der Waals surface area (Å²) in [6.07, 6.45) is 0.613. The normalized spacial score (nSPS) is 19.5. The Morgan fingerprint density at radius 2 is 1.78 bits per heavy atom. The number of hydrogen-bond acceptors (Lipinski definition) is 5. The van der Waals surface area contributed by atoms with Crippen molar-refractivity contribution in [2.45, 2.75) is 58.2 Å². The second kappa shape index (κ2) is 6.76. The van der Waals surface area contributed by atoms with Gasteiger partial charge in [0, 0.05) is 10.4 Å². The lowest BCUT2D eigenvalue weighted by atomic mass is 9.76. The number of thiazole rings is 1. The zero-order valence-corrected chi connectivity index (χ0v) is 17.4. The van der Waals surface area contributed by atoms with E-state index in [0.29, 0.717) is 22.7 Å². The van der Waals surface area contributed by atoms with E-state index < -0.39 is 22.9 Å². The first kappa shape index (κ1) is 20.1. The van der Waals surface area contributed by atoms with E-state index in [1.165, 1.54) is 23.5 Å². The Morgan fingerprint density at radius 3 is 2.30 bits per heavy atom. The van der Waals surface area contributed by atoms with Crippen LogP contribution in [0.5, 0.6) is 0 Å². The van der Waals surface area contributed by atoms with Crippen LogP contribution in [0.1, 0.15) is 51.1 Å². The Morgan fingerprint density at radius 1 is 1.19 bits per heavy atom. The number of ketones is 2. The van der Waals surface area contributed by atoms with Gasteiger partial charge in [0.05, 0.1) is 10.7 Å². The van der Waals surface area contributed by atoms with Gasteiger partial charge >= 0.3 is 0 Å². The Kier molecular flexibility index (Phi) is 5.04. The van der Waals surface area contributed by atoms with Crippen molar-refractivity contribution in [3.63, 3.8) is 0 Å². The van der Waals surface area contributed by atoms with Crippen molar-refractivity contribution in [3.05, 3.63) is 39.6 Å². The van der Waals surface area contributed by atoms with E-state index in [1.807, 2.05) is 6.92 Å². The van der Waals surface area contributed by atoms with Gasteiger partial charge in [-0.05, 0) is 46.2 Å². The number of aromatic nitrogens is 1. The molecular formula is C20H21ClFNO3S. The number of aryl methyl sites for hydroxylation is 1. The molecule has 1 aliphatic rings. The summed E-state index contributed by atoms with van der Waals surface area (Å²) in [4.78, 5) is 31.4. The number of benzene rings is 1. The summed E-state index contributed by atoms with van der Waals surface area (Å²) in [6, 6.07) is 4.46. The number of Topliss-reactive ketones (excluding diaryl/α,β-unsaturated/α-hetero) is 2. The molecule has 3 rings (SSSR count). The fourth-order valence-electron chi connectivity index (χ4n) is 3.40. The minimum Gasteiger partial charge on any atom is -0.354 e. The highest BCUT2D eigenvalue weighted by Crippen LogP contribution is 2.42. The minimum atomic E-state index is -1.09. The van der Waals surface area contributed by atoms with Crippen LogP contribution in [0.2, 0.25) is 5.02 Å². The second-order valence-corrected chi connectivity index (χ2v) is 9.08. The highest BCUT2D eigenvalue weighted by molar-refractivity contribution is 7.15. The molecule has 1 aliphatic heterocycles. The third-order valence-corrected chi connectivity index (χ3v) is 6.28. The van der Waals surface area contributed by atoms with Crippen LogP contribution >= 0.6 is 22.9 Å². The van der Waals surface area contributed by atoms with Gasteiger partial charge in [-0.2, -0.15) is 0 Å². The minimum absolute atomic E-state index is 0.0320. The van der Waals surface area contributed by atoms with Crippen LogP contribution < -0.4 is 0 Å². The fourth-order valence-corrected chi connectivity index (χ4v) is 4.55. The maximum absolute atomic E-state index is 13.9. The summed E-state index contributed by atoms with van der Waals surface area (Å²) in [7, 11) is 0. The maximum atomic E-state index is 13.9. The van der Waals surface area contributed by atoms with Crippen LogP contribution in [0.15, 0.2) is 18.2 Å². The number of halogens is 2. The molecule has 1 saturated heterocycles. The van der Waals surface area contributed by atoms with Gasteiger partial charge in [0.25, 0.3) is 0 Å². The van der Waals surface area contributed by atoms with E-state index in [2.05, 4.69) is 4.98 Å². The number of nitrogens with zero attached hydrogens (tertiary/aromatic N) is 1. The molecule has 2 aromatic rings. The second-order valence-electron chi connectivity index (χ2n) is 7.59. The molecule has 2 heterocycles. The first-order valence-corrected chi connectivity index (χ1v) is 9.91.